The number of aliphatic hydroxyl groups excluding tert-OH is 1. The molecule has 0 bridgehead atoms. The molecule has 0 aliphatic carbocycles. The van der Waals surface area contributed by atoms with Gasteiger partial charge in [0.2, 0.25) is 0 Å². The number of hydrogen-bond donors (Lipinski definition) is 2. The van der Waals surface area contributed by atoms with Crippen LogP contribution < -0.4 is 5.73 Å². The summed E-state index contributed by atoms with van der Waals surface area (Å²) < 4.78 is 24.4. The number of sulfone groups is 1. The molecule has 0 aliphatic heterocycles. The third-order valence-electron chi connectivity index (χ3n) is 3.46. The Balaban J connectivity index is 2.44. The van der Waals surface area contributed by atoms with Crippen LogP contribution in [0.4, 0.5) is 0 Å². The predicted molar refractivity (Wildman–Crippen MR) is 84.8 cm³/mol. The molecule has 5 nitrogen and oxygen atoms in total. The molecule has 6 heteroatoms. The van der Waals surface area contributed by atoms with Crippen LogP contribution in [-0.2, 0) is 16.4 Å². The second-order valence-electron chi connectivity index (χ2n) is 5.25. The minimum atomic E-state index is -3.24. The summed E-state index contributed by atoms with van der Waals surface area (Å²) in [4.78, 5) is 2.37. The Morgan fingerprint density at radius 2 is 1.76 bits per heavy atom. The standard InChI is InChI=1S/C15H26N2O3S/c1-17(9-3-2-4-11-18)10-12-21(19,20)15-7-5-14(13-16)6-8-15/h5-8,18H,2-4,9-13,16H2,1H3. The Bertz CT molecular complexity index is 500. The van der Waals surface area contributed by atoms with Crippen molar-refractivity contribution in [2.75, 3.05) is 32.5 Å². The van der Waals surface area contributed by atoms with Crippen molar-refractivity contribution < 1.29 is 13.5 Å². The zero-order valence-corrected chi connectivity index (χ0v) is 13.5. The van der Waals surface area contributed by atoms with Crippen LogP contribution in [0.25, 0.3) is 0 Å². The van der Waals surface area contributed by atoms with Gasteiger partial charge in [-0.25, -0.2) is 8.42 Å². The molecule has 0 atom stereocenters. The maximum atomic E-state index is 12.2. The molecule has 0 radical (unpaired) electrons. The van der Waals surface area contributed by atoms with Crippen molar-refractivity contribution in [1.82, 2.24) is 4.90 Å². The molecule has 0 amide bonds. The average Bonchev–Trinajstić information content (AvgIpc) is 2.50. The third-order valence-corrected chi connectivity index (χ3v) is 5.17. The maximum Gasteiger partial charge on any atom is 0.179 e. The average molecular weight is 314 g/mol. The van der Waals surface area contributed by atoms with Gasteiger partial charge in [0.1, 0.15) is 0 Å². The topological polar surface area (TPSA) is 83.6 Å². The molecule has 1 aromatic rings. The van der Waals surface area contributed by atoms with Gasteiger partial charge in [-0.3, -0.25) is 0 Å². The van der Waals surface area contributed by atoms with Crippen molar-refractivity contribution in [3.8, 4) is 0 Å². The molecular formula is C15H26N2O3S. The van der Waals surface area contributed by atoms with Gasteiger partial charge < -0.3 is 15.7 Å². The number of hydrogen-bond acceptors (Lipinski definition) is 5. The zero-order chi connectivity index (χ0) is 15.7. The summed E-state index contributed by atoms with van der Waals surface area (Å²) in [5, 5.41) is 8.70. The van der Waals surface area contributed by atoms with E-state index in [0.29, 0.717) is 18.0 Å². The number of nitrogens with zero attached hydrogens (tertiary/aromatic N) is 1. The van der Waals surface area contributed by atoms with Crippen LogP contribution in [0.2, 0.25) is 0 Å². The van der Waals surface area contributed by atoms with Crippen LogP contribution in [0.5, 0.6) is 0 Å². The van der Waals surface area contributed by atoms with Crippen LogP contribution in [0.1, 0.15) is 24.8 Å². The van der Waals surface area contributed by atoms with Crippen LogP contribution in [-0.4, -0.2) is 50.9 Å². The van der Waals surface area contributed by atoms with Gasteiger partial charge in [-0.15, -0.1) is 0 Å². The second-order valence-corrected chi connectivity index (χ2v) is 7.36. The third kappa shape index (κ3) is 6.56. The first kappa shape index (κ1) is 18.1. The van der Waals surface area contributed by atoms with E-state index in [-0.39, 0.29) is 12.4 Å². The van der Waals surface area contributed by atoms with Gasteiger partial charge in [-0.2, -0.15) is 0 Å². The van der Waals surface area contributed by atoms with Gasteiger partial charge in [0.15, 0.2) is 9.84 Å². The van der Waals surface area contributed by atoms with Crippen molar-refractivity contribution in [3.05, 3.63) is 29.8 Å². The fraction of sp³-hybridized carbons (Fsp3) is 0.600. The quantitative estimate of drug-likeness (QED) is 0.630. The smallest absolute Gasteiger partial charge is 0.179 e. The Morgan fingerprint density at radius 1 is 1.10 bits per heavy atom. The van der Waals surface area contributed by atoms with Gasteiger partial charge in [0.25, 0.3) is 0 Å². The highest BCUT2D eigenvalue weighted by atomic mass is 32.2. The van der Waals surface area contributed by atoms with E-state index in [1.807, 2.05) is 11.9 Å². The first-order valence-electron chi connectivity index (χ1n) is 7.31. The normalized spacial score (nSPS) is 12.0. The first-order valence-corrected chi connectivity index (χ1v) is 8.96. The van der Waals surface area contributed by atoms with Gasteiger partial charge >= 0.3 is 0 Å². The van der Waals surface area contributed by atoms with E-state index in [1.54, 1.807) is 24.3 Å². The number of benzene rings is 1. The number of nitrogens with two attached hydrogens (primary N) is 1. The minimum absolute atomic E-state index is 0.117. The summed E-state index contributed by atoms with van der Waals surface area (Å²) in [5.41, 5.74) is 6.43. The number of unbranched alkanes of at least 4 members (excludes halogenated alkanes) is 2. The van der Waals surface area contributed by atoms with Crippen molar-refractivity contribution in [2.45, 2.75) is 30.7 Å². The van der Waals surface area contributed by atoms with Crippen LogP contribution in [0.15, 0.2) is 29.2 Å². The highest BCUT2D eigenvalue weighted by molar-refractivity contribution is 7.91. The molecule has 1 aromatic carbocycles. The molecule has 0 aliphatic rings. The largest absolute Gasteiger partial charge is 0.396 e. The number of aliphatic hydroxyl groups is 1. The van der Waals surface area contributed by atoms with Crippen molar-refractivity contribution in [2.24, 2.45) is 5.73 Å². The molecule has 0 aromatic heterocycles. The highest BCUT2D eigenvalue weighted by Gasteiger charge is 2.15. The summed E-state index contributed by atoms with van der Waals surface area (Å²) in [7, 11) is -1.32. The van der Waals surface area contributed by atoms with E-state index in [2.05, 4.69) is 0 Å². The molecule has 0 heterocycles. The summed E-state index contributed by atoms with van der Waals surface area (Å²) in [6, 6.07) is 6.76. The van der Waals surface area contributed by atoms with Crippen molar-refractivity contribution in [1.29, 1.82) is 0 Å². The van der Waals surface area contributed by atoms with Gasteiger partial charge in [0.05, 0.1) is 10.6 Å². The van der Waals surface area contributed by atoms with Crippen molar-refractivity contribution >= 4 is 9.84 Å². The van der Waals surface area contributed by atoms with E-state index in [9.17, 15) is 8.42 Å². The lowest BCUT2D eigenvalue weighted by Gasteiger charge is -2.16. The molecule has 3 N–H and O–H groups in total. The van der Waals surface area contributed by atoms with E-state index in [1.165, 1.54) is 0 Å². The first-order chi connectivity index (χ1) is 9.99. The van der Waals surface area contributed by atoms with E-state index in [0.717, 1.165) is 31.4 Å². The van der Waals surface area contributed by atoms with E-state index < -0.39 is 9.84 Å². The molecule has 0 fully saturated rings. The molecule has 0 spiro atoms. The summed E-state index contributed by atoms with van der Waals surface area (Å²) >= 11 is 0. The molecule has 0 saturated heterocycles. The Hall–Kier alpha value is -0.950. The van der Waals surface area contributed by atoms with Crippen LogP contribution in [0, 0.1) is 0 Å². The predicted octanol–water partition coefficient (Wildman–Crippen LogP) is 1.01. The lowest BCUT2D eigenvalue weighted by atomic mass is 10.2. The zero-order valence-electron chi connectivity index (χ0n) is 12.7. The number of rotatable bonds is 10. The van der Waals surface area contributed by atoms with Crippen molar-refractivity contribution in [3.63, 3.8) is 0 Å². The fourth-order valence-corrected chi connectivity index (χ4v) is 3.35. The van der Waals surface area contributed by atoms with Gasteiger partial charge in [-0.1, -0.05) is 12.1 Å². The lowest BCUT2D eigenvalue weighted by Crippen LogP contribution is -2.26. The fourth-order valence-electron chi connectivity index (χ4n) is 2.01. The summed E-state index contributed by atoms with van der Waals surface area (Å²) in [5.74, 6) is 0.117. The molecule has 0 unspecified atom stereocenters. The summed E-state index contributed by atoms with van der Waals surface area (Å²) in [6.45, 7) is 2.00. The van der Waals surface area contributed by atoms with Gasteiger partial charge in [0, 0.05) is 19.7 Å². The van der Waals surface area contributed by atoms with Crippen LogP contribution >= 0.6 is 0 Å². The maximum absolute atomic E-state index is 12.2. The van der Waals surface area contributed by atoms with Crippen LogP contribution in [0.3, 0.4) is 0 Å². The molecule has 120 valence electrons. The highest BCUT2D eigenvalue weighted by Crippen LogP contribution is 2.12. The lowest BCUT2D eigenvalue weighted by molar-refractivity contribution is 0.275. The molecule has 21 heavy (non-hydrogen) atoms. The van der Waals surface area contributed by atoms with Gasteiger partial charge in [-0.05, 0) is 50.6 Å². The Kier molecular flexibility index (Phi) is 7.88. The SMILES string of the molecule is CN(CCCCCO)CCS(=O)(=O)c1ccc(CN)cc1. The minimum Gasteiger partial charge on any atom is -0.396 e. The molecular weight excluding hydrogens is 288 g/mol. The Labute approximate surface area is 127 Å². The monoisotopic (exact) mass is 314 g/mol. The molecule has 0 saturated carbocycles. The molecule has 1 rings (SSSR count). The summed E-state index contributed by atoms with van der Waals surface area (Å²) in [6.07, 6.45) is 2.75. The van der Waals surface area contributed by atoms with E-state index >= 15 is 0 Å². The second kappa shape index (κ2) is 9.15. The Morgan fingerprint density at radius 3 is 2.33 bits per heavy atom. The van der Waals surface area contributed by atoms with E-state index in [4.69, 9.17) is 10.8 Å².